The van der Waals surface area contributed by atoms with E-state index < -0.39 is 6.10 Å². The molecule has 0 saturated carbocycles. The summed E-state index contributed by atoms with van der Waals surface area (Å²) in [6.45, 7) is 2.03. The molecule has 1 aliphatic heterocycles. The fourth-order valence-corrected chi connectivity index (χ4v) is 3.29. The van der Waals surface area contributed by atoms with Crippen molar-refractivity contribution < 1.29 is 14.2 Å². The number of hydrogen-bond donors (Lipinski definition) is 1. The molecule has 0 saturated heterocycles. The fourth-order valence-electron chi connectivity index (χ4n) is 2.51. The lowest BCUT2D eigenvalue weighted by Gasteiger charge is -2.14. The van der Waals surface area contributed by atoms with Gasteiger partial charge in [-0.05, 0) is 70.5 Å². The molecular weight excluding hydrogens is 370 g/mol. The highest BCUT2D eigenvalue weighted by Gasteiger charge is 2.21. The topological polar surface area (TPSA) is 29.5 Å². The van der Waals surface area contributed by atoms with Crippen LogP contribution in [0.25, 0.3) is 0 Å². The molecule has 0 aromatic heterocycles. The Kier molecular flexibility index (Phi) is 3.69. The Balaban J connectivity index is 1.95. The van der Waals surface area contributed by atoms with Gasteiger partial charge in [-0.3, -0.25) is 0 Å². The molecule has 104 valence electrons. The number of hydrogen-bond acceptors (Lipinski definition) is 2. The summed E-state index contributed by atoms with van der Waals surface area (Å²) in [5.41, 5.74) is 2.65. The Bertz CT molecular complexity index is 657. The van der Waals surface area contributed by atoms with Gasteiger partial charge in [-0.15, -0.1) is 0 Å². The molecule has 2 aromatic rings. The van der Waals surface area contributed by atoms with E-state index in [1.165, 1.54) is 12.1 Å². The van der Waals surface area contributed by atoms with E-state index >= 15 is 0 Å². The molecule has 0 radical (unpaired) electrons. The van der Waals surface area contributed by atoms with E-state index in [-0.39, 0.29) is 11.9 Å². The summed E-state index contributed by atoms with van der Waals surface area (Å²) in [5.74, 6) is 0.601. The maximum absolute atomic E-state index is 13.1. The summed E-state index contributed by atoms with van der Waals surface area (Å²) < 4.78 is 19.5. The largest absolute Gasteiger partial charge is 0.490 e. The van der Waals surface area contributed by atoms with Crippen molar-refractivity contribution in [3.8, 4) is 5.75 Å². The molecule has 1 N–H and O–H groups in total. The lowest BCUT2D eigenvalue weighted by molar-refractivity contribution is 0.219. The van der Waals surface area contributed by atoms with Crippen molar-refractivity contribution in [1.29, 1.82) is 0 Å². The van der Waals surface area contributed by atoms with Crippen LogP contribution in [0.5, 0.6) is 5.75 Å². The Morgan fingerprint density at radius 3 is 2.85 bits per heavy atom. The number of aliphatic hydroxyl groups excluding tert-OH is 1. The third kappa shape index (κ3) is 2.54. The van der Waals surface area contributed by atoms with Gasteiger partial charge in [-0.2, -0.15) is 0 Å². The summed E-state index contributed by atoms with van der Waals surface area (Å²) in [4.78, 5) is 0. The zero-order valence-electron chi connectivity index (χ0n) is 10.9. The molecule has 0 aliphatic carbocycles. The molecule has 2 aromatic carbocycles. The summed E-state index contributed by atoms with van der Waals surface area (Å²) in [6.07, 6.45) is 0.295. The number of ether oxygens (including phenoxy) is 1. The quantitative estimate of drug-likeness (QED) is 0.798. The number of rotatable bonds is 2. The zero-order valence-corrected chi connectivity index (χ0v) is 13.1. The molecule has 2 unspecified atom stereocenters. The van der Waals surface area contributed by atoms with Gasteiger partial charge in [0.25, 0.3) is 0 Å². The molecule has 0 amide bonds. The minimum Gasteiger partial charge on any atom is -0.490 e. The van der Waals surface area contributed by atoms with E-state index in [0.29, 0.717) is 0 Å². The molecule has 4 heteroatoms. The first-order valence-corrected chi connectivity index (χ1v) is 7.55. The van der Waals surface area contributed by atoms with E-state index in [9.17, 15) is 9.50 Å². The standard InChI is InChI=1S/C16H14FIO2/c1-9-6-11-7-10(2-5-15(11)20-9)16(19)13-4-3-12(17)8-14(13)18/h2-5,7-9,16,19H,6H2,1H3. The number of halogens is 2. The van der Waals surface area contributed by atoms with E-state index in [1.54, 1.807) is 6.07 Å². The van der Waals surface area contributed by atoms with E-state index in [4.69, 9.17) is 4.74 Å². The van der Waals surface area contributed by atoms with Crippen LogP contribution < -0.4 is 4.74 Å². The monoisotopic (exact) mass is 384 g/mol. The molecular formula is C16H14FIO2. The molecule has 20 heavy (non-hydrogen) atoms. The van der Waals surface area contributed by atoms with Crippen molar-refractivity contribution in [2.45, 2.75) is 25.6 Å². The predicted molar refractivity (Wildman–Crippen MR) is 83.4 cm³/mol. The van der Waals surface area contributed by atoms with E-state index in [0.717, 1.165) is 32.4 Å². The number of benzene rings is 2. The summed E-state index contributed by atoms with van der Waals surface area (Å²) in [5, 5.41) is 10.5. The lowest BCUT2D eigenvalue weighted by atomic mass is 9.98. The highest BCUT2D eigenvalue weighted by Crippen LogP contribution is 2.33. The molecule has 0 fully saturated rings. The third-order valence-corrected chi connectivity index (χ3v) is 4.43. The summed E-state index contributed by atoms with van der Waals surface area (Å²) >= 11 is 2.04. The van der Waals surface area contributed by atoms with Crippen LogP contribution in [0.1, 0.15) is 29.7 Å². The molecule has 0 bridgehead atoms. The first kappa shape index (κ1) is 13.8. The van der Waals surface area contributed by atoms with Crippen LogP contribution >= 0.6 is 22.6 Å². The van der Waals surface area contributed by atoms with Gasteiger partial charge >= 0.3 is 0 Å². The second-order valence-corrected chi connectivity index (χ2v) is 6.23. The maximum atomic E-state index is 13.1. The van der Waals surface area contributed by atoms with E-state index in [1.807, 2.05) is 47.7 Å². The van der Waals surface area contributed by atoms with Crippen LogP contribution in [0.4, 0.5) is 4.39 Å². The predicted octanol–water partition coefficient (Wildman–Crippen LogP) is 3.84. The number of aliphatic hydroxyl groups is 1. The Morgan fingerprint density at radius 1 is 1.30 bits per heavy atom. The van der Waals surface area contributed by atoms with Gasteiger partial charge in [0, 0.05) is 9.99 Å². The highest BCUT2D eigenvalue weighted by atomic mass is 127. The van der Waals surface area contributed by atoms with E-state index in [2.05, 4.69) is 0 Å². The zero-order chi connectivity index (χ0) is 14.3. The van der Waals surface area contributed by atoms with Crippen LogP contribution in [0.15, 0.2) is 36.4 Å². The lowest BCUT2D eigenvalue weighted by Crippen LogP contribution is -2.05. The Labute approximate surface area is 130 Å². The second-order valence-electron chi connectivity index (χ2n) is 5.07. The van der Waals surface area contributed by atoms with Crippen molar-refractivity contribution >= 4 is 22.6 Å². The molecule has 1 heterocycles. The first-order valence-electron chi connectivity index (χ1n) is 6.47. The first-order chi connectivity index (χ1) is 9.54. The van der Waals surface area contributed by atoms with Gasteiger partial charge in [0.15, 0.2) is 0 Å². The van der Waals surface area contributed by atoms with Gasteiger partial charge in [-0.1, -0.05) is 12.1 Å². The minimum absolute atomic E-state index is 0.184. The van der Waals surface area contributed by atoms with Crippen molar-refractivity contribution in [1.82, 2.24) is 0 Å². The smallest absolute Gasteiger partial charge is 0.124 e. The van der Waals surface area contributed by atoms with Gasteiger partial charge < -0.3 is 9.84 Å². The SMILES string of the molecule is CC1Cc2cc(C(O)c3ccc(F)cc3I)ccc2O1. The molecule has 2 nitrogen and oxygen atoms in total. The molecule has 1 aliphatic rings. The van der Waals surface area contributed by atoms with Crippen molar-refractivity contribution in [2.24, 2.45) is 0 Å². The third-order valence-electron chi connectivity index (χ3n) is 3.49. The van der Waals surface area contributed by atoms with Gasteiger partial charge in [0.2, 0.25) is 0 Å². The summed E-state index contributed by atoms with van der Waals surface area (Å²) in [6, 6.07) is 10.2. The average Bonchev–Trinajstić information content (AvgIpc) is 2.77. The van der Waals surface area contributed by atoms with Crippen LogP contribution in [-0.2, 0) is 6.42 Å². The van der Waals surface area contributed by atoms with Gasteiger partial charge in [0.1, 0.15) is 23.8 Å². The molecule has 0 spiro atoms. The highest BCUT2D eigenvalue weighted by molar-refractivity contribution is 14.1. The fraction of sp³-hybridized carbons (Fsp3) is 0.250. The minimum atomic E-state index is -0.747. The molecule has 2 atom stereocenters. The summed E-state index contributed by atoms with van der Waals surface area (Å²) in [7, 11) is 0. The normalized spacial score (nSPS) is 18.5. The average molecular weight is 384 g/mol. The second kappa shape index (κ2) is 5.33. The van der Waals surface area contributed by atoms with Crippen LogP contribution in [0.2, 0.25) is 0 Å². The van der Waals surface area contributed by atoms with Crippen molar-refractivity contribution in [3.63, 3.8) is 0 Å². The van der Waals surface area contributed by atoms with Gasteiger partial charge in [0.05, 0.1) is 0 Å². The van der Waals surface area contributed by atoms with Crippen LogP contribution in [-0.4, -0.2) is 11.2 Å². The Morgan fingerprint density at radius 2 is 2.10 bits per heavy atom. The van der Waals surface area contributed by atoms with Crippen LogP contribution in [0, 0.1) is 9.39 Å². The molecule has 3 rings (SSSR count). The van der Waals surface area contributed by atoms with Crippen LogP contribution in [0.3, 0.4) is 0 Å². The Hall–Kier alpha value is -1.14. The van der Waals surface area contributed by atoms with Gasteiger partial charge in [-0.25, -0.2) is 4.39 Å². The van der Waals surface area contributed by atoms with Crippen molar-refractivity contribution in [3.05, 3.63) is 62.5 Å². The number of fused-ring (bicyclic) bond motifs is 1. The van der Waals surface area contributed by atoms with Crippen molar-refractivity contribution in [2.75, 3.05) is 0 Å². The maximum Gasteiger partial charge on any atom is 0.124 e.